The van der Waals surface area contributed by atoms with E-state index in [9.17, 15) is 9.90 Å². The number of aliphatic hydroxyl groups is 1. The van der Waals surface area contributed by atoms with Crippen LogP contribution in [0.4, 0.5) is 4.39 Å². The van der Waals surface area contributed by atoms with Crippen LogP contribution in [0.3, 0.4) is 0 Å². The largest absolute Gasteiger partial charge is 0.382 e. The van der Waals surface area contributed by atoms with Crippen LogP contribution in [0.2, 0.25) is 5.02 Å². The van der Waals surface area contributed by atoms with E-state index in [2.05, 4.69) is 25.5 Å². The minimum atomic E-state index is -1.27. The molecule has 0 aliphatic carbocycles. The van der Waals surface area contributed by atoms with Crippen LogP contribution in [0.15, 0.2) is 53.6 Å². The fraction of sp³-hybridized carbons (Fsp3) is 0.217. The summed E-state index contributed by atoms with van der Waals surface area (Å²) in [6.45, 7) is 2.15. The number of fused-ring (bicyclic) bond motifs is 1. The van der Waals surface area contributed by atoms with Crippen molar-refractivity contribution >= 4 is 22.5 Å². The van der Waals surface area contributed by atoms with Gasteiger partial charge in [-0.25, -0.2) is 19.5 Å². The molecule has 2 aromatic heterocycles. The van der Waals surface area contributed by atoms with Crippen molar-refractivity contribution in [3.63, 3.8) is 0 Å². The van der Waals surface area contributed by atoms with Crippen LogP contribution in [0.1, 0.15) is 29.0 Å². The Morgan fingerprint density at radius 2 is 2.06 bits per heavy atom. The number of ether oxygens (including phenoxy) is 1. The Labute approximate surface area is 192 Å². The van der Waals surface area contributed by atoms with Gasteiger partial charge in [0.25, 0.3) is 5.56 Å². The molecule has 8 nitrogen and oxygen atoms in total. The molecule has 4 aromatic rings. The second-order valence-electron chi connectivity index (χ2n) is 7.66. The van der Waals surface area contributed by atoms with Crippen molar-refractivity contribution in [3.05, 3.63) is 86.8 Å². The normalized spacial score (nSPS) is 17.2. The topological polar surface area (TPSA) is 113 Å². The molecule has 0 amide bonds. The summed E-state index contributed by atoms with van der Waals surface area (Å²) in [5, 5.41) is 20.9. The van der Waals surface area contributed by atoms with Gasteiger partial charge in [0.1, 0.15) is 18.2 Å². The summed E-state index contributed by atoms with van der Waals surface area (Å²) in [7, 11) is 0. The van der Waals surface area contributed by atoms with Crippen LogP contribution in [-0.4, -0.2) is 45.0 Å². The van der Waals surface area contributed by atoms with E-state index in [1.165, 1.54) is 24.5 Å². The number of rotatable bonds is 4. The first kappa shape index (κ1) is 21.6. The summed E-state index contributed by atoms with van der Waals surface area (Å²) in [5.41, 5.74) is 2.14. The van der Waals surface area contributed by atoms with Crippen LogP contribution >= 0.6 is 11.6 Å². The van der Waals surface area contributed by atoms with Gasteiger partial charge in [-0.05, 0) is 29.8 Å². The Balaban J connectivity index is 1.58. The zero-order valence-electron chi connectivity index (χ0n) is 17.3. The molecule has 5 rings (SSSR count). The number of hydrogen-bond donors (Lipinski definition) is 3. The quantitative estimate of drug-likeness (QED) is 0.423. The third kappa shape index (κ3) is 4.23. The van der Waals surface area contributed by atoms with E-state index in [1.54, 1.807) is 0 Å². The first-order chi connectivity index (χ1) is 16.0. The maximum absolute atomic E-state index is 15.0. The summed E-state index contributed by atoms with van der Waals surface area (Å²) in [5.74, 6) is -0.589. The lowest BCUT2D eigenvalue weighted by Crippen LogP contribution is -2.33. The first-order valence-electron chi connectivity index (χ1n) is 10.3. The average Bonchev–Trinajstić information content (AvgIpc) is 2.84. The SMILES string of the molecule is O=c1ccc(C(O)c2cc(-c3ncnc4cc(C5CNCCO5)ccc34)c(F)cc2Cl)n[nH]1. The van der Waals surface area contributed by atoms with Gasteiger partial charge >= 0.3 is 0 Å². The predicted octanol–water partition coefficient (Wildman–Crippen LogP) is 2.92. The van der Waals surface area contributed by atoms with Gasteiger partial charge in [-0.2, -0.15) is 5.10 Å². The Bertz CT molecular complexity index is 1370. The molecule has 2 atom stereocenters. The number of nitrogens with zero attached hydrogens (tertiary/aromatic N) is 3. The van der Waals surface area contributed by atoms with Crippen molar-refractivity contribution in [3.8, 4) is 11.3 Å². The minimum absolute atomic E-state index is 0.0272. The lowest BCUT2D eigenvalue weighted by Gasteiger charge is -2.24. The molecule has 2 aromatic carbocycles. The Kier molecular flexibility index (Phi) is 5.86. The molecule has 2 unspecified atom stereocenters. The van der Waals surface area contributed by atoms with E-state index in [-0.39, 0.29) is 27.9 Å². The number of aliphatic hydroxyl groups excluding tert-OH is 1. The summed E-state index contributed by atoms with van der Waals surface area (Å²) in [6.07, 6.45) is 0.0134. The van der Waals surface area contributed by atoms with Crippen molar-refractivity contribution in [2.75, 3.05) is 19.7 Å². The van der Waals surface area contributed by atoms with Crippen LogP contribution in [-0.2, 0) is 4.74 Å². The van der Waals surface area contributed by atoms with Gasteiger partial charge in [0.2, 0.25) is 0 Å². The molecule has 0 saturated carbocycles. The van der Waals surface area contributed by atoms with E-state index >= 15 is 4.39 Å². The molecule has 3 N–H and O–H groups in total. The summed E-state index contributed by atoms with van der Waals surface area (Å²) in [4.78, 5) is 19.9. The maximum atomic E-state index is 15.0. The minimum Gasteiger partial charge on any atom is -0.382 e. The van der Waals surface area contributed by atoms with Gasteiger partial charge < -0.3 is 15.2 Å². The van der Waals surface area contributed by atoms with Gasteiger partial charge in [-0.3, -0.25) is 4.79 Å². The molecular formula is C23H19ClFN5O3. The smallest absolute Gasteiger partial charge is 0.264 e. The molecule has 33 heavy (non-hydrogen) atoms. The highest BCUT2D eigenvalue weighted by Gasteiger charge is 2.22. The molecule has 0 bridgehead atoms. The number of halogens is 2. The molecule has 1 fully saturated rings. The van der Waals surface area contributed by atoms with Crippen LogP contribution in [0.25, 0.3) is 22.2 Å². The van der Waals surface area contributed by atoms with Crippen molar-refractivity contribution in [1.82, 2.24) is 25.5 Å². The van der Waals surface area contributed by atoms with Gasteiger partial charge in [0.05, 0.1) is 29.6 Å². The van der Waals surface area contributed by atoms with E-state index in [4.69, 9.17) is 16.3 Å². The fourth-order valence-electron chi connectivity index (χ4n) is 3.89. The highest BCUT2D eigenvalue weighted by atomic mass is 35.5. The molecule has 0 spiro atoms. The van der Waals surface area contributed by atoms with Crippen molar-refractivity contribution in [2.24, 2.45) is 0 Å². The van der Waals surface area contributed by atoms with Gasteiger partial charge in [-0.1, -0.05) is 23.7 Å². The Morgan fingerprint density at radius 3 is 2.82 bits per heavy atom. The monoisotopic (exact) mass is 467 g/mol. The Hall–Kier alpha value is -3.24. The van der Waals surface area contributed by atoms with Crippen LogP contribution in [0.5, 0.6) is 0 Å². The van der Waals surface area contributed by atoms with Gasteiger partial charge in [0.15, 0.2) is 0 Å². The van der Waals surface area contributed by atoms with Crippen LogP contribution < -0.4 is 10.9 Å². The summed E-state index contributed by atoms with van der Waals surface area (Å²) < 4.78 is 20.8. The fourth-order valence-corrected chi connectivity index (χ4v) is 4.15. The number of morpholine rings is 1. The van der Waals surface area contributed by atoms with Crippen molar-refractivity contribution in [1.29, 1.82) is 0 Å². The average molecular weight is 468 g/mol. The standard InChI is InChI=1S/C23H19ClFN5O3/c24-16-9-17(25)15(8-14(16)23(32)18-3-4-21(31)30-29-18)22-13-2-1-12(7-19(13)27-11-28-22)20-10-26-5-6-33-20/h1-4,7-9,11,20,23,26,32H,5-6,10H2,(H,30,31). The second-order valence-corrected chi connectivity index (χ2v) is 8.07. The second kappa shape index (κ2) is 8.95. The third-order valence-electron chi connectivity index (χ3n) is 5.58. The van der Waals surface area contributed by atoms with E-state index < -0.39 is 17.5 Å². The third-order valence-corrected chi connectivity index (χ3v) is 5.90. The molecule has 168 valence electrons. The van der Waals surface area contributed by atoms with E-state index in [1.807, 2.05) is 18.2 Å². The molecule has 1 aliphatic rings. The zero-order valence-corrected chi connectivity index (χ0v) is 18.0. The number of H-pyrrole nitrogens is 1. The number of aromatic nitrogens is 4. The number of hydrogen-bond acceptors (Lipinski definition) is 7. The molecule has 3 heterocycles. The summed E-state index contributed by atoms with van der Waals surface area (Å²) in [6, 6.07) is 10.9. The lowest BCUT2D eigenvalue weighted by atomic mass is 9.98. The maximum Gasteiger partial charge on any atom is 0.264 e. The molecule has 1 aliphatic heterocycles. The lowest BCUT2D eigenvalue weighted by molar-refractivity contribution is 0.0278. The highest BCUT2D eigenvalue weighted by Crippen LogP contribution is 2.36. The highest BCUT2D eigenvalue weighted by molar-refractivity contribution is 6.31. The van der Waals surface area contributed by atoms with Gasteiger partial charge in [0, 0.05) is 40.7 Å². The molecular weight excluding hydrogens is 449 g/mol. The first-order valence-corrected chi connectivity index (χ1v) is 10.7. The number of benzene rings is 2. The van der Waals surface area contributed by atoms with E-state index in [0.29, 0.717) is 29.7 Å². The molecule has 1 saturated heterocycles. The Morgan fingerprint density at radius 1 is 1.18 bits per heavy atom. The van der Waals surface area contributed by atoms with Crippen LogP contribution in [0, 0.1) is 5.82 Å². The molecule has 10 heteroatoms. The summed E-state index contributed by atoms with van der Waals surface area (Å²) >= 11 is 6.24. The predicted molar refractivity (Wildman–Crippen MR) is 120 cm³/mol. The molecule has 0 radical (unpaired) electrons. The van der Waals surface area contributed by atoms with Crippen molar-refractivity contribution in [2.45, 2.75) is 12.2 Å². The van der Waals surface area contributed by atoms with Gasteiger partial charge in [-0.15, -0.1) is 0 Å². The van der Waals surface area contributed by atoms with Crippen molar-refractivity contribution < 1.29 is 14.2 Å². The number of nitrogens with one attached hydrogen (secondary N) is 2. The van der Waals surface area contributed by atoms with E-state index in [0.717, 1.165) is 18.2 Å². The number of aromatic amines is 1. The zero-order chi connectivity index (χ0) is 22.9.